The fraction of sp³-hybridized carbons (Fsp3) is 0.375. The third-order valence-electron chi connectivity index (χ3n) is 10.5. The molecule has 0 radical (unpaired) electrons. The van der Waals surface area contributed by atoms with Crippen molar-refractivity contribution in [1.29, 1.82) is 0 Å². The molecule has 0 saturated heterocycles. The summed E-state index contributed by atoms with van der Waals surface area (Å²) in [5, 5.41) is 10.1. The van der Waals surface area contributed by atoms with Gasteiger partial charge in [-0.1, -0.05) is 71.8 Å². The Hall–Kier alpha value is -5.09. The van der Waals surface area contributed by atoms with Crippen molar-refractivity contribution < 1.29 is 19.1 Å². The molecule has 0 spiro atoms. The number of ether oxygens (including phenoxy) is 2. The molecule has 63 heavy (non-hydrogen) atoms. The number of nitrogens with zero attached hydrogens (tertiary/aromatic N) is 5. The summed E-state index contributed by atoms with van der Waals surface area (Å²) >= 11 is 8.33. The highest BCUT2D eigenvalue weighted by molar-refractivity contribution is 7.21. The fourth-order valence-electron chi connectivity index (χ4n) is 7.35. The van der Waals surface area contributed by atoms with E-state index in [4.69, 9.17) is 26.3 Å². The Bertz CT molecular complexity index is 2610. The highest BCUT2D eigenvalue weighted by atomic mass is 35.5. The molecule has 1 amide bonds. The minimum Gasteiger partial charge on any atom is -0.376 e. The standard InChI is InChI=1S/C24H28N4O2S.C21H24N4S.C3H5ClO2/c1-15-6-5-7-19(12-15)16(2)25-24-23-20(26-17(3)27-24)13-21(31-23)18-8-10-28(11-9-18)22(29)14-30-4;1-13-5-4-6-17(11-13)14(2)23-21-20-18(24-15(3)25-21)12-19(26-20)16-7-9-22-10-8-16;1-6-2-3(4)5/h5-8,12-13,16H,9-11,14H2,1-4H3,(H,25,26,27);4-7,11-12,14,22H,8-10H2,1-3H3,(H,23,24,25);2H2,1H3/t16-;14-;/m11./s1. The first kappa shape index (κ1) is 47.4. The largest absolute Gasteiger partial charge is 0.376 e. The molecule has 15 heteroatoms. The van der Waals surface area contributed by atoms with Crippen molar-refractivity contribution >= 4 is 88.6 Å². The summed E-state index contributed by atoms with van der Waals surface area (Å²) in [6.07, 6.45) is 6.33. The average Bonchev–Trinajstić information content (AvgIpc) is 3.90. The molecule has 0 unspecified atom stereocenters. The van der Waals surface area contributed by atoms with Crippen LogP contribution in [0.25, 0.3) is 31.6 Å². The number of aromatic nitrogens is 4. The zero-order chi connectivity index (χ0) is 45.0. The number of fused-ring (bicyclic) bond motifs is 2. The fourth-order valence-corrected chi connectivity index (χ4v) is 9.70. The molecule has 332 valence electrons. The number of halogens is 1. The van der Waals surface area contributed by atoms with Gasteiger partial charge in [-0.15, -0.1) is 22.7 Å². The molecule has 6 aromatic rings. The number of aryl methyl sites for hydroxylation is 4. The maximum absolute atomic E-state index is 12.1. The SMILES string of the molecule is COCC(=O)Cl.COCC(=O)N1CC=C(c2cc3nc(C)nc(N[C@H](C)c4cccc(C)c4)c3s2)CC1.Cc1cccc([C@@H](C)Nc2nc(C)nc3cc(C4=CCNCC4)sc23)c1. The summed E-state index contributed by atoms with van der Waals surface area (Å²) < 4.78 is 11.5. The molecule has 2 aromatic carbocycles. The molecular weight excluding hydrogens is 852 g/mol. The summed E-state index contributed by atoms with van der Waals surface area (Å²) in [5.74, 6) is 3.41. The van der Waals surface area contributed by atoms with Gasteiger partial charge in [0.1, 0.15) is 36.5 Å². The number of methoxy groups -OCH3 is 2. The number of benzene rings is 2. The van der Waals surface area contributed by atoms with Gasteiger partial charge in [0.25, 0.3) is 0 Å². The number of anilines is 2. The Morgan fingerprint density at radius 3 is 1.68 bits per heavy atom. The Morgan fingerprint density at radius 1 is 0.746 bits per heavy atom. The van der Waals surface area contributed by atoms with E-state index in [1.807, 2.05) is 18.7 Å². The Balaban J connectivity index is 0.000000188. The third-order valence-corrected chi connectivity index (χ3v) is 13.1. The van der Waals surface area contributed by atoms with E-state index in [0.717, 1.165) is 69.6 Å². The minimum absolute atomic E-state index is 0.00154. The molecule has 0 fully saturated rings. The van der Waals surface area contributed by atoms with E-state index >= 15 is 0 Å². The van der Waals surface area contributed by atoms with Gasteiger partial charge in [-0.25, -0.2) is 19.9 Å². The van der Waals surface area contributed by atoms with Crippen LogP contribution in [0.15, 0.2) is 72.8 Å². The number of carbonyl (C=O) groups excluding carboxylic acids is 2. The molecule has 2 aliphatic rings. The van der Waals surface area contributed by atoms with Crippen LogP contribution in [0.5, 0.6) is 0 Å². The second-order valence-corrected chi connectivity index (χ2v) is 18.2. The van der Waals surface area contributed by atoms with E-state index in [-0.39, 0.29) is 31.2 Å². The normalized spacial score (nSPS) is 14.7. The van der Waals surface area contributed by atoms with Crippen molar-refractivity contribution in [3.05, 3.63) is 116 Å². The Kier molecular flexibility index (Phi) is 16.9. The molecule has 0 saturated carbocycles. The molecule has 2 aliphatic heterocycles. The summed E-state index contributed by atoms with van der Waals surface area (Å²) in [5.41, 5.74) is 9.71. The molecule has 3 N–H and O–H groups in total. The van der Waals surface area contributed by atoms with Crippen LogP contribution in [-0.4, -0.2) is 89.6 Å². The van der Waals surface area contributed by atoms with Crippen LogP contribution in [-0.2, 0) is 19.1 Å². The molecule has 8 rings (SSSR count). The van der Waals surface area contributed by atoms with Gasteiger partial charge in [0.2, 0.25) is 11.1 Å². The van der Waals surface area contributed by atoms with E-state index in [0.29, 0.717) is 13.1 Å². The summed E-state index contributed by atoms with van der Waals surface area (Å²) in [4.78, 5) is 44.8. The lowest BCUT2D eigenvalue weighted by molar-refractivity contribution is -0.134. The van der Waals surface area contributed by atoms with Gasteiger partial charge in [0.05, 0.1) is 20.4 Å². The van der Waals surface area contributed by atoms with Crippen molar-refractivity contribution in [3.8, 4) is 0 Å². The summed E-state index contributed by atoms with van der Waals surface area (Å²) in [6, 6.07) is 21.8. The predicted molar refractivity (Wildman–Crippen MR) is 260 cm³/mol. The number of hydrogen-bond donors (Lipinski definition) is 3. The number of carbonyl (C=O) groups is 2. The van der Waals surface area contributed by atoms with E-state index in [2.05, 4.69) is 131 Å². The van der Waals surface area contributed by atoms with Gasteiger partial charge in [-0.2, -0.15) is 0 Å². The van der Waals surface area contributed by atoms with Crippen LogP contribution in [0.4, 0.5) is 11.6 Å². The molecule has 4 aromatic heterocycles. The van der Waals surface area contributed by atoms with Gasteiger partial charge < -0.3 is 30.3 Å². The van der Waals surface area contributed by atoms with E-state index in [1.54, 1.807) is 29.8 Å². The third kappa shape index (κ3) is 13.0. The number of thiophene rings is 2. The summed E-state index contributed by atoms with van der Waals surface area (Å²) in [6.45, 7) is 15.9. The second-order valence-electron chi connectivity index (χ2n) is 15.7. The van der Waals surface area contributed by atoms with Crippen molar-refractivity contribution in [1.82, 2.24) is 30.2 Å². The van der Waals surface area contributed by atoms with Crippen molar-refractivity contribution in [2.75, 3.05) is 64.2 Å². The first-order chi connectivity index (χ1) is 30.3. The van der Waals surface area contributed by atoms with Crippen LogP contribution in [0, 0.1) is 27.7 Å². The quantitative estimate of drug-likeness (QED) is 0.101. The molecule has 2 atom stereocenters. The van der Waals surface area contributed by atoms with Crippen LogP contribution in [0.1, 0.15) is 82.4 Å². The molecular formula is C48H57ClN8O4S2. The smallest absolute Gasteiger partial charge is 0.248 e. The van der Waals surface area contributed by atoms with E-state index < -0.39 is 5.24 Å². The van der Waals surface area contributed by atoms with Crippen LogP contribution in [0.2, 0.25) is 0 Å². The van der Waals surface area contributed by atoms with Gasteiger partial charge in [-0.05, 0) is 107 Å². The number of rotatable bonds is 12. The van der Waals surface area contributed by atoms with E-state index in [9.17, 15) is 9.59 Å². The van der Waals surface area contributed by atoms with Crippen LogP contribution in [0.3, 0.4) is 0 Å². The monoisotopic (exact) mass is 908 g/mol. The highest BCUT2D eigenvalue weighted by Gasteiger charge is 2.21. The Morgan fingerprint density at radius 2 is 1.27 bits per heavy atom. The topological polar surface area (TPSA) is 143 Å². The molecule has 0 bridgehead atoms. The van der Waals surface area contributed by atoms with Gasteiger partial charge in [0.15, 0.2) is 0 Å². The zero-order valence-corrected chi connectivity index (χ0v) is 39.7. The highest BCUT2D eigenvalue weighted by Crippen LogP contribution is 2.38. The van der Waals surface area contributed by atoms with Gasteiger partial charge in [0, 0.05) is 55.7 Å². The maximum Gasteiger partial charge on any atom is 0.248 e. The lowest BCUT2D eigenvalue weighted by Gasteiger charge is -2.25. The Labute approximate surface area is 383 Å². The molecule has 6 heterocycles. The number of nitrogens with one attached hydrogen (secondary N) is 3. The average molecular weight is 910 g/mol. The lowest BCUT2D eigenvalue weighted by atomic mass is 10.1. The van der Waals surface area contributed by atoms with Gasteiger partial charge in [-0.3, -0.25) is 9.59 Å². The lowest BCUT2D eigenvalue weighted by Crippen LogP contribution is -2.36. The van der Waals surface area contributed by atoms with Crippen molar-refractivity contribution in [3.63, 3.8) is 0 Å². The summed E-state index contributed by atoms with van der Waals surface area (Å²) in [7, 11) is 2.97. The predicted octanol–water partition coefficient (Wildman–Crippen LogP) is 10.00. The van der Waals surface area contributed by atoms with Gasteiger partial charge >= 0.3 is 0 Å². The first-order valence-corrected chi connectivity index (χ1v) is 23.1. The van der Waals surface area contributed by atoms with Crippen LogP contribution < -0.4 is 16.0 Å². The number of hydrogen-bond acceptors (Lipinski definition) is 13. The minimum atomic E-state index is -0.461. The van der Waals surface area contributed by atoms with Crippen molar-refractivity contribution in [2.45, 2.75) is 66.5 Å². The molecule has 0 aliphatic carbocycles. The maximum atomic E-state index is 12.1. The second kappa shape index (κ2) is 22.5. The first-order valence-electron chi connectivity index (χ1n) is 21.1. The number of amides is 1. The zero-order valence-electron chi connectivity index (χ0n) is 37.3. The molecule has 12 nitrogen and oxygen atoms in total. The van der Waals surface area contributed by atoms with Crippen LogP contribution >= 0.6 is 34.3 Å². The van der Waals surface area contributed by atoms with Crippen molar-refractivity contribution in [2.24, 2.45) is 0 Å². The van der Waals surface area contributed by atoms with E-state index in [1.165, 1.54) is 50.3 Å².